The number of hydrogen-bond donors (Lipinski definition) is 1. The maximum absolute atomic E-state index is 12.5. The second-order valence-corrected chi connectivity index (χ2v) is 8.05. The molecule has 2 aromatic carbocycles. The highest BCUT2D eigenvalue weighted by Gasteiger charge is 2.12. The number of unbranched alkanes of at least 4 members (excludes halogenated alkanes) is 4. The predicted octanol–water partition coefficient (Wildman–Crippen LogP) is 4.93. The van der Waals surface area contributed by atoms with Crippen molar-refractivity contribution >= 4 is 16.9 Å². The van der Waals surface area contributed by atoms with Crippen LogP contribution in [0, 0.1) is 0 Å². The van der Waals surface area contributed by atoms with E-state index in [9.17, 15) is 4.79 Å². The molecule has 0 fully saturated rings. The Morgan fingerprint density at radius 1 is 1.00 bits per heavy atom. The van der Waals surface area contributed by atoms with Crippen LogP contribution < -0.4 is 14.8 Å². The van der Waals surface area contributed by atoms with E-state index in [1.54, 1.807) is 14.2 Å². The first-order valence-corrected chi connectivity index (χ1v) is 11.6. The summed E-state index contributed by atoms with van der Waals surface area (Å²) in [4.78, 5) is 17.3. The molecule has 0 bridgehead atoms. The molecule has 0 saturated heterocycles. The number of aromatic nitrogens is 2. The number of nitrogens with zero attached hydrogens (tertiary/aromatic N) is 2. The van der Waals surface area contributed by atoms with E-state index in [-0.39, 0.29) is 5.91 Å². The maximum atomic E-state index is 12.5. The Morgan fingerprint density at radius 2 is 1.78 bits per heavy atom. The van der Waals surface area contributed by atoms with Crippen LogP contribution in [0.5, 0.6) is 11.5 Å². The Balaban J connectivity index is 1.57. The molecular weight excluding hydrogens is 402 g/mol. The highest BCUT2D eigenvalue weighted by Crippen LogP contribution is 2.27. The Labute approximate surface area is 190 Å². The number of para-hydroxylation sites is 2. The Morgan fingerprint density at radius 3 is 2.56 bits per heavy atom. The number of aryl methyl sites for hydroxylation is 1. The standard InChI is InChI=1S/C26H35N3O3/c1-4-5-6-7-10-17-29-22-12-9-8-11-21(22)28-25(29)15-16-27-26(30)19-20-13-14-23(31-2)24(18-20)32-3/h8-9,11-14,18H,4-7,10,15-17,19H2,1-3H3,(H,27,30). The maximum Gasteiger partial charge on any atom is 0.224 e. The van der Waals surface area contributed by atoms with E-state index in [1.165, 1.54) is 31.2 Å². The van der Waals surface area contributed by atoms with Crippen LogP contribution in [0.3, 0.4) is 0 Å². The number of rotatable bonds is 13. The molecule has 1 N–H and O–H groups in total. The van der Waals surface area contributed by atoms with E-state index in [4.69, 9.17) is 14.5 Å². The van der Waals surface area contributed by atoms with Gasteiger partial charge >= 0.3 is 0 Å². The number of imidazole rings is 1. The van der Waals surface area contributed by atoms with Gasteiger partial charge in [0.2, 0.25) is 5.91 Å². The Kier molecular flexibility index (Phi) is 8.96. The monoisotopic (exact) mass is 437 g/mol. The van der Waals surface area contributed by atoms with Crippen molar-refractivity contribution in [2.75, 3.05) is 20.8 Å². The van der Waals surface area contributed by atoms with Crippen LogP contribution in [0.1, 0.15) is 50.4 Å². The molecular formula is C26H35N3O3. The third kappa shape index (κ3) is 6.25. The molecule has 0 aliphatic carbocycles. The molecule has 0 aliphatic heterocycles. The number of nitrogens with one attached hydrogen (secondary N) is 1. The van der Waals surface area contributed by atoms with Crippen LogP contribution in [0.4, 0.5) is 0 Å². The molecule has 1 aromatic heterocycles. The van der Waals surface area contributed by atoms with Crippen LogP contribution in [0.2, 0.25) is 0 Å². The summed E-state index contributed by atoms with van der Waals surface area (Å²) in [5, 5.41) is 3.04. The Hall–Kier alpha value is -3.02. The van der Waals surface area contributed by atoms with E-state index in [0.717, 1.165) is 29.9 Å². The van der Waals surface area contributed by atoms with Gasteiger partial charge in [-0.2, -0.15) is 0 Å². The summed E-state index contributed by atoms with van der Waals surface area (Å²) >= 11 is 0. The number of carbonyl (C=O) groups excluding carboxylic acids is 1. The summed E-state index contributed by atoms with van der Waals surface area (Å²) in [6, 6.07) is 13.8. The zero-order valence-corrected chi connectivity index (χ0v) is 19.5. The average Bonchev–Trinajstić information content (AvgIpc) is 3.16. The lowest BCUT2D eigenvalue weighted by molar-refractivity contribution is -0.120. The van der Waals surface area contributed by atoms with Crippen LogP contribution in [-0.2, 0) is 24.2 Å². The van der Waals surface area contributed by atoms with Gasteiger partial charge in [-0.05, 0) is 36.2 Å². The van der Waals surface area contributed by atoms with Crippen molar-refractivity contribution in [2.45, 2.75) is 58.4 Å². The number of carbonyl (C=O) groups is 1. The quantitative estimate of drug-likeness (QED) is 0.385. The van der Waals surface area contributed by atoms with Crippen molar-refractivity contribution in [1.82, 2.24) is 14.9 Å². The summed E-state index contributed by atoms with van der Waals surface area (Å²) < 4.78 is 12.9. The molecule has 6 nitrogen and oxygen atoms in total. The zero-order valence-electron chi connectivity index (χ0n) is 19.5. The molecule has 172 valence electrons. The van der Waals surface area contributed by atoms with Gasteiger partial charge in [0.1, 0.15) is 5.82 Å². The number of fused-ring (bicyclic) bond motifs is 1. The first kappa shape index (κ1) is 23.6. The minimum atomic E-state index is -0.0144. The molecule has 0 radical (unpaired) electrons. The molecule has 0 atom stereocenters. The van der Waals surface area contributed by atoms with Gasteiger partial charge in [0.25, 0.3) is 0 Å². The second kappa shape index (κ2) is 12.1. The van der Waals surface area contributed by atoms with Crippen molar-refractivity contribution in [3.63, 3.8) is 0 Å². The van der Waals surface area contributed by atoms with Crippen molar-refractivity contribution in [3.8, 4) is 11.5 Å². The number of hydrogen-bond acceptors (Lipinski definition) is 4. The molecule has 1 heterocycles. The van der Waals surface area contributed by atoms with Gasteiger partial charge in [-0.15, -0.1) is 0 Å². The fraction of sp³-hybridized carbons (Fsp3) is 0.462. The smallest absolute Gasteiger partial charge is 0.224 e. The van der Waals surface area contributed by atoms with Gasteiger partial charge in [-0.25, -0.2) is 4.98 Å². The fourth-order valence-corrected chi connectivity index (χ4v) is 3.99. The van der Waals surface area contributed by atoms with Gasteiger partial charge in [-0.3, -0.25) is 4.79 Å². The van der Waals surface area contributed by atoms with Crippen molar-refractivity contribution in [3.05, 3.63) is 53.9 Å². The van der Waals surface area contributed by atoms with Gasteiger partial charge in [0, 0.05) is 19.5 Å². The first-order chi connectivity index (χ1) is 15.7. The minimum Gasteiger partial charge on any atom is -0.493 e. The summed E-state index contributed by atoms with van der Waals surface area (Å²) in [5.41, 5.74) is 3.09. The molecule has 0 spiro atoms. The Bertz CT molecular complexity index is 1010. The SMILES string of the molecule is CCCCCCCn1c(CCNC(=O)Cc2ccc(OC)c(OC)c2)nc2ccccc21. The summed E-state index contributed by atoms with van der Waals surface area (Å²) in [7, 11) is 3.19. The van der Waals surface area contributed by atoms with E-state index in [2.05, 4.69) is 35.0 Å². The van der Waals surface area contributed by atoms with E-state index in [0.29, 0.717) is 30.9 Å². The van der Waals surface area contributed by atoms with Gasteiger partial charge in [-0.1, -0.05) is 50.8 Å². The predicted molar refractivity (Wildman–Crippen MR) is 128 cm³/mol. The second-order valence-electron chi connectivity index (χ2n) is 8.05. The molecule has 3 rings (SSSR count). The largest absolute Gasteiger partial charge is 0.493 e. The van der Waals surface area contributed by atoms with Crippen LogP contribution in [0.15, 0.2) is 42.5 Å². The lowest BCUT2D eigenvalue weighted by atomic mass is 10.1. The van der Waals surface area contributed by atoms with Crippen molar-refractivity contribution in [2.24, 2.45) is 0 Å². The third-order valence-corrected chi connectivity index (χ3v) is 5.70. The summed E-state index contributed by atoms with van der Waals surface area (Å²) in [6.45, 7) is 3.77. The van der Waals surface area contributed by atoms with E-state index >= 15 is 0 Å². The lowest BCUT2D eigenvalue weighted by Gasteiger charge is -2.11. The summed E-state index contributed by atoms with van der Waals surface area (Å²) in [5.74, 6) is 2.31. The lowest BCUT2D eigenvalue weighted by Crippen LogP contribution is -2.28. The van der Waals surface area contributed by atoms with E-state index in [1.807, 2.05) is 24.3 Å². The molecule has 32 heavy (non-hydrogen) atoms. The number of methoxy groups -OCH3 is 2. The van der Waals surface area contributed by atoms with Gasteiger partial charge < -0.3 is 19.4 Å². The van der Waals surface area contributed by atoms with Gasteiger partial charge in [0.05, 0.1) is 31.7 Å². The number of amides is 1. The van der Waals surface area contributed by atoms with Gasteiger partial charge in [0.15, 0.2) is 11.5 Å². The van der Waals surface area contributed by atoms with Crippen molar-refractivity contribution < 1.29 is 14.3 Å². The van der Waals surface area contributed by atoms with Crippen LogP contribution in [-0.4, -0.2) is 36.2 Å². The molecule has 6 heteroatoms. The average molecular weight is 438 g/mol. The molecule has 0 unspecified atom stereocenters. The van der Waals surface area contributed by atoms with Crippen LogP contribution in [0.25, 0.3) is 11.0 Å². The first-order valence-electron chi connectivity index (χ1n) is 11.6. The normalized spacial score (nSPS) is 11.0. The van der Waals surface area contributed by atoms with E-state index < -0.39 is 0 Å². The summed E-state index contributed by atoms with van der Waals surface area (Å²) in [6.07, 6.45) is 7.23. The third-order valence-electron chi connectivity index (χ3n) is 5.70. The van der Waals surface area contributed by atoms with Crippen molar-refractivity contribution in [1.29, 1.82) is 0 Å². The minimum absolute atomic E-state index is 0.0144. The molecule has 0 aliphatic rings. The number of benzene rings is 2. The van der Waals surface area contributed by atoms with Crippen LogP contribution >= 0.6 is 0 Å². The molecule has 0 saturated carbocycles. The number of ether oxygens (including phenoxy) is 2. The molecule has 3 aromatic rings. The highest BCUT2D eigenvalue weighted by molar-refractivity contribution is 5.79. The zero-order chi connectivity index (χ0) is 22.8. The molecule has 1 amide bonds. The fourth-order valence-electron chi connectivity index (χ4n) is 3.99. The highest BCUT2D eigenvalue weighted by atomic mass is 16.5. The topological polar surface area (TPSA) is 65.4 Å².